The summed E-state index contributed by atoms with van der Waals surface area (Å²) < 4.78 is 0. The number of hydrogen-bond acceptors (Lipinski definition) is 1. The van der Waals surface area contributed by atoms with Crippen LogP contribution in [0.15, 0.2) is 72.8 Å². The Balaban J connectivity index is 2.00. The summed E-state index contributed by atoms with van der Waals surface area (Å²) in [6, 6.07) is 26.5. The molecule has 0 amide bonds. The molecule has 1 heteroatoms. The first kappa shape index (κ1) is 16.6. The van der Waals surface area contributed by atoms with Gasteiger partial charge in [0.15, 0.2) is 0 Å². The van der Waals surface area contributed by atoms with Gasteiger partial charge in [0.05, 0.1) is 0 Å². The van der Waals surface area contributed by atoms with Gasteiger partial charge in [-0.05, 0) is 28.9 Å². The van der Waals surface area contributed by atoms with Crippen molar-refractivity contribution in [3.8, 4) is 0 Å². The zero-order chi connectivity index (χ0) is 17.2. The number of benzene rings is 3. The second-order valence-electron chi connectivity index (χ2n) is 7.68. The summed E-state index contributed by atoms with van der Waals surface area (Å²) in [5.74, 6) is 0. The molecule has 3 aromatic carbocycles. The van der Waals surface area contributed by atoms with E-state index in [1.165, 1.54) is 22.0 Å². The Morgan fingerprint density at radius 3 is 2.12 bits per heavy atom. The lowest BCUT2D eigenvalue weighted by atomic mass is 9.81. The predicted octanol–water partition coefficient (Wildman–Crippen LogP) is 5.93. The summed E-state index contributed by atoms with van der Waals surface area (Å²) >= 11 is 0. The Bertz CT molecular complexity index is 794. The van der Waals surface area contributed by atoms with E-state index in [0.29, 0.717) is 6.04 Å². The third-order valence-electron chi connectivity index (χ3n) is 4.89. The number of fused-ring (bicyclic) bond motifs is 1. The van der Waals surface area contributed by atoms with Crippen LogP contribution in [-0.4, -0.2) is 13.1 Å². The fraction of sp³-hybridized carbons (Fsp3) is 0.304. The van der Waals surface area contributed by atoms with Crippen molar-refractivity contribution in [2.45, 2.75) is 33.2 Å². The lowest BCUT2D eigenvalue weighted by Gasteiger charge is -2.40. The van der Waals surface area contributed by atoms with Crippen molar-refractivity contribution in [2.24, 2.45) is 5.41 Å². The van der Waals surface area contributed by atoms with Crippen LogP contribution in [0.3, 0.4) is 0 Å². The maximum atomic E-state index is 2.47. The smallest absolute Gasteiger partial charge is 0.0446 e. The van der Waals surface area contributed by atoms with Crippen molar-refractivity contribution in [2.75, 3.05) is 11.9 Å². The van der Waals surface area contributed by atoms with Gasteiger partial charge in [0.2, 0.25) is 0 Å². The summed E-state index contributed by atoms with van der Waals surface area (Å²) in [5.41, 5.74) is 2.88. The van der Waals surface area contributed by atoms with E-state index in [4.69, 9.17) is 0 Å². The summed E-state index contributed by atoms with van der Waals surface area (Å²) in [6.07, 6.45) is 1.05. The summed E-state index contributed by atoms with van der Waals surface area (Å²) in [5, 5.41) is 2.62. The predicted molar refractivity (Wildman–Crippen MR) is 106 cm³/mol. The molecule has 0 aliphatic carbocycles. The number of nitrogens with zero attached hydrogens (tertiary/aromatic N) is 1. The number of rotatable bonds is 4. The standard InChI is InChI=1S/C23H27N/c1-23(2,3)22(17-18-11-6-5-7-12-18)24(4)21-16-10-14-19-13-8-9-15-20(19)21/h5-16,22H,17H2,1-4H3. The zero-order valence-corrected chi connectivity index (χ0v) is 15.2. The van der Waals surface area contributed by atoms with Crippen molar-refractivity contribution in [3.05, 3.63) is 78.4 Å². The molecule has 0 aromatic heterocycles. The quantitative estimate of drug-likeness (QED) is 0.576. The lowest BCUT2D eigenvalue weighted by molar-refractivity contribution is 0.309. The van der Waals surface area contributed by atoms with E-state index < -0.39 is 0 Å². The molecule has 124 valence electrons. The van der Waals surface area contributed by atoms with E-state index in [1.807, 2.05) is 0 Å². The molecule has 0 aliphatic rings. The average molecular weight is 317 g/mol. The van der Waals surface area contributed by atoms with Crippen molar-refractivity contribution < 1.29 is 0 Å². The van der Waals surface area contributed by atoms with Crippen molar-refractivity contribution in [1.29, 1.82) is 0 Å². The second kappa shape index (κ2) is 6.68. The first-order valence-electron chi connectivity index (χ1n) is 8.71. The van der Waals surface area contributed by atoms with Crippen LogP contribution in [0.5, 0.6) is 0 Å². The molecule has 1 unspecified atom stereocenters. The molecule has 0 heterocycles. The minimum Gasteiger partial charge on any atom is -0.370 e. The molecule has 0 spiro atoms. The molecule has 0 saturated heterocycles. The Labute approximate surface area is 145 Å². The highest BCUT2D eigenvalue weighted by Gasteiger charge is 2.29. The highest BCUT2D eigenvalue weighted by Crippen LogP contribution is 2.34. The molecule has 1 atom stereocenters. The second-order valence-corrected chi connectivity index (χ2v) is 7.68. The molecule has 1 nitrogen and oxygen atoms in total. The fourth-order valence-corrected chi connectivity index (χ4v) is 3.55. The topological polar surface area (TPSA) is 3.24 Å². The van der Waals surface area contributed by atoms with E-state index in [1.54, 1.807) is 0 Å². The van der Waals surface area contributed by atoms with Gasteiger partial charge < -0.3 is 4.90 Å². The van der Waals surface area contributed by atoms with Crippen LogP contribution in [0.1, 0.15) is 26.3 Å². The normalized spacial score (nSPS) is 13.0. The third-order valence-corrected chi connectivity index (χ3v) is 4.89. The van der Waals surface area contributed by atoms with Crippen molar-refractivity contribution in [3.63, 3.8) is 0 Å². The summed E-state index contributed by atoms with van der Waals surface area (Å²) in [6.45, 7) is 7.01. The first-order valence-corrected chi connectivity index (χ1v) is 8.71. The molecule has 0 bridgehead atoms. The summed E-state index contributed by atoms with van der Waals surface area (Å²) in [4.78, 5) is 2.47. The third kappa shape index (κ3) is 3.46. The molecule has 3 rings (SSSR count). The molecule has 0 radical (unpaired) electrons. The van der Waals surface area contributed by atoms with Gasteiger partial charge in [-0.15, -0.1) is 0 Å². The molecule has 24 heavy (non-hydrogen) atoms. The van der Waals surface area contributed by atoms with Crippen LogP contribution in [0.2, 0.25) is 0 Å². The Morgan fingerprint density at radius 1 is 0.792 bits per heavy atom. The van der Waals surface area contributed by atoms with Crippen molar-refractivity contribution >= 4 is 16.5 Å². The van der Waals surface area contributed by atoms with Crippen LogP contribution in [0.4, 0.5) is 5.69 Å². The van der Waals surface area contributed by atoms with E-state index >= 15 is 0 Å². The van der Waals surface area contributed by atoms with Gasteiger partial charge in [-0.3, -0.25) is 0 Å². The minimum atomic E-state index is 0.182. The van der Waals surface area contributed by atoms with Gasteiger partial charge in [-0.1, -0.05) is 87.5 Å². The number of hydrogen-bond donors (Lipinski definition) is 0. The molecule has 0 saturated carbocycles. The van der Waals surface area contributed by atoms with Crippen LogP contribution in [0, 0.1) is 5.41 Å². The molecule has 0 aliphatic heterocycles. The zero-order valence-electron chi connectivity index (χ0n) is 15.2. The lowest BCUT2D eigenvalue weighted by Crippen LogP contribution is -2.43. The van der Waals surface area contributed by atoms with Gasteiger partial charge >= 0.3 is 0 Å². The SMILES string of the molecule is CN(c1cccc2ccccc12)C(Cc1ccccc1)C(C)(C)C. The minimum absolute atomic E-state index is 0.182. The Morgan fingerprint density at radius 2 is 1.42 bits per heavy atom. The van der Waals surface area contributed by atoms with E-state index in [9.17, 15) is 0 Å². The van der Waals surface area contributed by atoms with Crippen LogP contribution < -0.4 is 4.90 Å². The monoisotopic (exact) mass is 317 g/mol. The van der Waals surface area contributed by atoms with E-state index in [0.717, 1.165) is 6.42 Å². The molecule has 3 aromatic rings. The highest BCUT2D eigenvalue weighted by atomic mass is 15.1. The largest absolute Gasteiger partial charge is 0.370 e. The van der Waals surface area contributed by atoms with Gasteiger partial charge in [-0.2, -0.15) is 0 Å². The number of anilines is 1. The van der Waals surface area contributed by atoms with Crippen LogP contribution in [0.25, 0.3) is 10.8 Å². The number of likely N-dealkylation sites (N-methyl/N-ethyl adjacent to an activating group) is 1. The molecule has 0 N–H and O–H groups in total. The maximum Gasteiger partial charge on any atom is 0.0446 e. The Kier molecular flexibility index (Phi) is 4.62. The first-order chi connectivity index (χ1) is 11.5. The molecular weight excluding hydrogens is 290 g/mol. The highest BCUT2D eigenvalue weighted by molar-refractivity contribution is 5.94. The maximum absolute atomic E-state index is 2.47. The van der Waals surface area contributed by atoms with Crippen LogP contribution in [-0.2, 0) is 6.42 Å². The Hall–Kier alpha value is -2.28. The van der Waals surface area contributed by atoms with E-state index in [2.05, 4.69) is 106 Å². The van der Waals surface area contributed by atoms with Gasteiger partial charge in [0.25, 0.3) is 0 Å². The van der Waals surface area contributed by atoms with Gasteiger partial charge in [0.1, 0.15) is 0 Å². The van der Waals surface area contributed by atoms with Gasteiger partial charge in [-0.25, -0.2) is 0 Å². The van der Waals surface area contributed by atoms with E-state index in [-0.39, 0.29) is 5.41 Å². The molecular formula is C23H27N. The summed E-state index contributed by atoms with van der Waals surface area (Å²) in [7, 11) is 2.24. The fourth-order valence-electron chi connectivity index (χ4n) is 3.55. The average Bonchev–Trinajstić information content (AvgIpc) is 2.58. The van der Waals surface area contributed by atoms with Crippen molar-refractivity contribution in [1.82, 2.24) is 0 Å². The van der Waals surface area contributed by atoms with Crippen LogP contribution >= 0.6 is 0 Å². The van der Waals surface area contributed by atoms with Gasteiger partial charge in [0, 0.05) is 24.2 Å². The molecule has 0 fully saturated rings.